The monoisotopic (exact) mass is 568 g/mol. The Hall–Kier alpha value is -4.72. The second-order valence-corrected chi connectivity index (χ2v) is 10.3. The molecule has 2 aromatic heterocycles. The minimum Gasteiger partial charge on any atom is -0.480 e. The van der Waals surface area contributed by atoms with E-state index in [1.165, 1.54) is 12.5 Å². The van der Waals surface area contributed by atoms with Gasteiger partial charge < -0.3 is 42.5 Å². The highest BCUT2D eigenvalue weighted by molar-refractivity contribution is 5.96. The molecule has 220 valence electrons. The molecule has 2 heterocycles. The number of carbonyl (C=O) groups excluding carboxylic acids is 4. The van der Waals surface area contributed by atoms with Crippen LogP contribution in [0.5, 0.6) is 0 Å². The number of imidazole rings is 1. The lowest BCUT2D eigenvalue weighted by atomic mass is 10.0. The first-order valence-electron chi connectivity index (χ1n) is 13.1. The van der Waals surface area contributed by atoms with Crippen molar-refractivity contribution in [2.75, 3.05) is 0 Å². The number of hydrogen-bond donors (Lipinski definition) is 8. The summed E-state index contributed by atoms with van der Waals surface area (Å²) in [5.74, 6) is -4.45. The molecule has 3 rings (SSSR count). The molecular formula is C27H36N8O6. The number of hydrogen-bond acceptors (Lipinski definition) is 7. The van der Waals surface area contributed by atoms with Crippen LogP contribution in [-0.2, 0) is 36.8 Å². The van der Waals surface area contributed by atoms with E-state index in [-0.39, 0.29) is 25.2 Å². The molecule has 0 aliphatic heterocycles. The van der Waals surface area contributed by atoms with Crippen molar-refractivity contribution in [2.45, 2.75) is 63.7 Å². The van der Waals surface area contributed by atoms with E-state index in [1.54, 1.807) is 6.20 Å². The van der Waals surface area contributed by atoms with E-state index in [0.29, 0.717) is 5.69 Å². The Kier molecular flexibility index (Phi) is 10.6. The van der Waals surface area contributed by atoms with Gasteiger partial charge in [0, 0.05) is 35.4 Å². The quantitative estimate of drug-likeness (QED) is 0.118. The van der Waals surface area contributed by atoms with Crippen LogP contribution in [-0.4, -0.2) is 73.8 Å². The van der Waals surface area contributed by atoms with Crippen LogP contribution in [0, 0.1) is 5.92 Å². The molecule has 0 spiro atoms. The number of nitrogens with two attached hydrogens (primary N) is 2. The van der Waals surface area contributed by atoms with E-state index in [9.17, 15) is 29.1 Å². The smallest absolute Gasteiger partial charge is 0.326 e. The third-order valence-electron chi connectivity index (χ3n) is 6.42. The SMILES string of the molecule is CC(C)CC(NC(=O)C(Cc1cnc[nH]1)NC(=O)C(CC(N)=O)NC(=O)C(N)Cc1c[nH]c2ccccc12)C(=O)O. The molecular weight excluding hydrogens is 532 g/mol. The van der Waals surface area contributed by atoms with Crippen LogP contribution in [0.3, 0.4) is 0 Å². The van der Waals surface area contributed by atoms with Crippen LogP contribution in [0.2, 0.25) is 0 Å². The number of H-pyrrole nitrogens is 2. The van der Waals surface area contributed by atoms with Gasteiger partial charge in [0.1, 0.15) is 18.1 Å². The Morgan fingerprint density at radius 1 is 0.927 bits per heavy atom. The number of carboxylic acid groups (broad SMARTS) is 1. The summed E-state index contributed by atoms with van der Waals surface area (Å²) in [7, 11) is 0. The maximum atomic E-state index is 13.3. The normalized spacial score (nSPS) is 14.1. The summed E-state index contributed by atoms with van der Waals surface area (Å²) in [6, 6.07) is 2.55. The maximum Gasteiger partial charge on any atom is 0.326 e. The highest BCUT2D eigenvalue weighted by Crippen LogP contribution is 2.19. The molecule has 0 radical (unpaired) electrons. The molecule has 4 unspecified atom stereocenters. The van der Waals surface area contributed by atoms with Crippen molar-refractivity contribution in [1.29, 1.82) is 0 Å². The van der Waals surface area contributed by atoms with E-state index in [4.69, 9.17) is 11.5 Å². The summed E-state index contributed by atoms with van der Waals surface area (Å²) < 4.78 is 0. The predicted octanol–water partition coefficient (Wildman–Crippen LogP) is -0.536. The minimum atomic E-state index is -1.43. The minimum absolute atomic E-state index is 0.0272. The number of aliphatic carboxylic acids is 1. The first-order valence-corrected chi connectivity index (χ1v) is 13.1. The summed E-state index contributed by atoms with van der Waals surface area (Å²) in [6.07, 6.45) is 4.27. The van der Waals surface area contributed by atoms with Gasteiger partial charge in [0.25, 0.3) is 0 Å². The molecule has 14 heteroatoms. The van der Waals surface area contributed by atoms with E-state index in [2.05, 4.69) is 30.9 Å². The number of nitrogens with zero attached hydrogens (tertiary/aromatic N) is 1. The van der Waals surface area contributed by atoms with Crippen molar-refractivity contribution in [3.05, 3.63) is 54.2 Å². The van der Waals surface area contributed by atoms with Crippen LogP contribution in [0.25, 0.3) is 10.9 Å². The number of rotatable bonds is 15. The van der Waals surface area contributed by atoms with Gasteiger partial charge in [-0.15, -0.1) is 0 Å². The molecule has 10 N–H and O–H groups in total. The third-order valence-corrected chi connectivity index (χ3v) is 6.42. The fourth-order valence-electron chi connectivity index (χ4n) is 4.38. The maximum absolute atomic E-state index is 13.3. The average Bonchev–Trinajstić information content (AvgIpc) is 3.57. The molecule has 0 saturated heterocycles. The number of aromatic amines is 2. The lowest BCUT2D eigenvalue weighted by molar-refractivity contribution is -0.143. The van der Waals surface area contributed by atoms with Crippen molar-refractivity contribution in [3.63, 3.8) is 0 Å². The molecule has 0 aliphatic rings. The zero-order valence-corrected chi connectivity index (χ0v) is 22.8. The molecule has 0 aliphatic carbocycles. The van der Waals surface area contributed by atoms with Crippen LogP contribution < -0.4 is 27.4 Å². The summed E-state index contributed by atoms with van der Waals surface area (Å²) in [5.41, 5.74) is 13.6. The summed E-state index contributed by atoms with van der Waals surface area (Å²) in [4.78, 5) is 72.7. The topological polar surface area (TPSA) is 238 Å². The second-order valence-electron chi connectivity index (χ2n) is 10.3. The van der Waals surface area contributed by atoms with Gasteiger partial charge in [-0.2, -0.15) is 0 Å². The Bertz CT molecular complexity index is 1370. The number of benzene rings is 1. The van der Waals surface area contributed by atoms with Gasteiger partial charge in [0.2, 0.25) is 23.6 Å². The number of primary amides is 1. The van der Waals surface area contributed by atoms with Gasteiger partial charge in [-0.25, -0.2) is 9.78 Å². The largest absolute Gasteiger partial charge is 0.480 e. The second kappa shape index (κ2) is 14.1. The fourth-order valence-corrected chi connectivity index (χ4v) is 4.38. The number of para-hydroxylation sites is 1. The predicted molar refractivity (Wildman–Crippen MR) is 149 cm³/mol. The number of carbonyl (C=O) groups is 5. The average molecular weight is 569 g/mol. The van der Waals surface area contributed by atoms with Gasteiger partial charge in [0.05, 0.1) is 18.8 Å². The van der Waals surface area contributed by atoms with E-state index in [1.807, 2.05) is 38.1 Å². The molecule has 41 heavy (non-hydrogen) atoms. The van der Waals surface area contributed by atoms with Crippen molar-refractivity contribution in [2.24, 2.45) is 17.4 Å². The molecule has 14 nitrogen and oxygen atoms in total. The van der Waals surface area contributed by atoms with E-state index in [0.717, 1.165) is 16.5 Å². The fraction of sp³-hybridized carbons (Fsp3) is 0.407. The van der Waals surface area contributed by atoms with Gasteiger partial charge in [-0.1, -0.05) is 32.0 Å². The third kappa shape index (κ3) is 8.89. The number of carboxylic acids is 1. The van der Waals surface area contributed by atoms with Crippen molar-refractivity contribution < 1.29 is 29.1 Å². The Labute approximate surface area is 236 Å². The number of nitrogens with one attached hydrogen (secondary N) is 5. The van der Waals surface area contributed by atoms with Crippen molar-refractivity contribution in [1.82, 2.24) is 30.9 Å². The van der Waals surface area contributed by atoms with Crippen LogP contribution in [0.4, 0.5) is 0 Å². The zero-order valence-electron chi connectivity index (χ0n) is 22.8. The number of fused-ring (bicyclic) bond motifs is 1. The van der Waals surface area contributed by atoms with Gasteiger partial charge in [-0.05, 0) is 30.4 Å². The van der Waals surface area contributed by atoms with Gasteiger partial charge in [0.15, 0.2) is 0 Å². The summed E-state index contributed by atoms with van der Waals surface area (Å²) in [5, 5.41) is 17.9. The number of aromatic nitrogens is 3. The molecule has 0 fully saturated rings. The Morgan fingerprint density at radius 2 is 1.59 bits per heavy atom. The molecule has 4 amide bonds. The zero-order chi connectivity index (χ0) is 30.1. The van der Waals surface area contributed by atoms with Gasteiger partial charge in [-0.3, -0.25) is 19.2 Å². The van der Waals surface area contributed by atoms with Crippen LogP contribution in [0.15, 0.2) is 43.0 Å². The molecule has 3 aromatic rings. The highest BCUT2D eigenvalue weighted by Gasteiger charge is 2.32. The standard InChI is InChI=1S/C27H36N8O6/c1-14(2)7-22(27(40)41)35-25(38)20(9-16-12-30-13-32-16)34-26(39)21(10-23(29)36)33-24(37)18(28)8-15-11-31-19-6-4-3-5-17(15)19/h3-6,11-14,18,20-22,31H,7-10,28H2,1-2H3,(H2,29,36)(H,30,32)(H,33,37)(H,34,39)(H,35,38)(H,40,41). The van der Waals surface area contributed by atoms with Crippen molar-refractivity contribution >= 4 is 40.5 Å². The summed E-state index contributed by atoms with van der Waals surface area (Å²) >= 11 is 0. The molecule has 4 atom stereocenters. The molecule has 0 saturated carbocycles. The first kappa shape index (κ1) is 30.8. The van der Waals surface area contributed by atoms with E-state index >= 15 is 0 Å². The van der Waals surface area contributed by atoms with Crippen molar-refractivity contribution in [3.8, 4) is 0 Å². The highest BCUT2D eigenvalue weighted by atomic mass is 16.4. The Balaban J connectivity index is 1.74. The van der Waals surface area contributed by atoms with Crippen LogP contribution >= 0.6 is 0 Å². The van der Waals surface area contributed by atoms with Crippen LogP contribution in [0.1, 0.15) is 37.9 Å². The molecule has 0 bridgehead atoms. The van der Waals surface area contributed by atoms with E-state index < -0.39 is 60.2 Å². The summed E-state index contributed by atoms with van der Waals surface area (Å²) in [6.45, 7) is 3.62. The first-order chi connectivity index (χ1) is 19.4. The molecule has 1 aromatic carbocycles. The number of amides is 4. The lowest BCUT2D eigenvalue weighted by Crippen LogP contribution is -2.58. The Morgan fingerprint density at radius 3 is 2.22 bits per heavy atom. The van der Waals surface area contributed by atoms with Gasteiger partial charge >= 0.3 is 5.97 Å². The lowest BCUT2D eigenvalue weighted by Gasteiger charge is -2.25.